The summed E-state index contributed by atoms with van der Waals surface area (Å²) in [6.45, 7) is 5.90. The molecule has 1 spiro atoms. The predicted molar refractivity (Wildman–Crippen MR) is 88.2 cm³/mol. The smallest absolute Gasteiger partial charge is 0.264 e. The van der Waals surface area contributed by atoms with Crippen LogP contribution in [0.25, 0.3) is 0 Å². The maximum atomic E-state index is 13.0. The summed E-state index contributed by atoms with van der Waals surface area (Å²) in [4.78, 5) is 15.1. The number of hydrogen-bond acceptors (Lipinski definition) is 4. The van der Waals surface area contributed by atoms with Crippen molar-refractivity contribution in [3.63, 3.8) is 0 Å². The minimum Gasteiger partial charge on any atom is -0.302 e. The first-order valence-electron chi connectivity index (χ1n) is 8.63. The standard InChI is InChI=1S/C17H26N2O3S/c1-16(2)13-6-7-17(16)11-23(21,22)19(14(17)9-13)15(20)12-5-4-8-18(3)10-12/h5,13-14H,4,6-11H2,1-3H3/t13-,14+,17-/m1/s1. The van der Waals surface area contributed by atoms with E-state index in [1.165, 1.54) is 4.31 Å². The maximum Gasteiger partial charge on any atom is 0.264 e. The molecule has 2 saturated carbocycles. The minimum absolute atomic E-state index is 0.0114. The Kier molecular flexibility index (Phi) is 3.13. The zero-order chi connectivity index (χ0) is 16.6. The molecule has 2 heterocycles. The van der Waals surface area contributed by atoms with Crippen LogP contribution in [0.3, 0.4) is 0 Å². The van der Waals surface area contributed by atoms with Gasteiger partial charge in [0, 0.05) is 24.1 Å². The lowest BCUT2D eigenvalue weighted by Crippen LogP contribution is -2.46. The topological polar surface area (TPSA) is 57.7 Å². The van der Waals surface area contributed by atoms with Gasteiger partial charge in [-0.25, -0.2) is 12.7 Å². The van der Waals surface area contributed by atoms with Crippen LogP contribution in [0.2, 0.25) is 0 Å². The normalized spacial score (nSPS) is 41.0. The van der Waals surface area contributed by atoms with Crippen LogP contribution in [0.5, 0.6) is 0 Å². The molecule has 0 aromatic carbocycles. The summed E-state index contributed by atoms with van der Waals surface area (Å²) in [6, 6.07) is -0.123. The Morgan fingerprint density at radius 1 is 1.35 bits per heavy atom. The average Bonchev–Trinajstić information content (AvgIpc) is 2.93. The van der Waals surface area contributed by atoms with Gasteiger partial charge in [-0.15, -0.1) is 0 Å². The number of rotatable bonds is 1. The summed E-state index contributed by atoms with van der Waals surface area (Å²) < 4.78 is 27.0. The van der Waals surface area contributed by atoms with E-state index in [9.17, 15) is 13.2 Å². The fraction of sp³-hybridized carbons (Fsp3) is 0.824. The number of amides is 1. The molecule has 5 nitrogen and oxygen atoms in total. The highest BCUT2D eigenvalue weighted by atomic mass is 32.2. The molecule has 3 atom stereocenters. The highest BCUT2D eigenvalue weighted by Crippen LogP contribution is 2.70. The number of hydrogen-bond donors (Lipinski definition) is 0. The van der Waals surface area contributed by atoms with Crippen LogP contribution in [0.15, 0.2) is 11.6 Å². The monoisotopic (exact) mass is 338 g/mol. The Morgan fingerprint density at radius 3 is 2.74 bits per heavy atom. The van der Waals surface area contributed by atoms with Crippen LogP contribution >= 0.6 is 0 Å². The van der Waals surface area contributed by atoms with Gasteiger partial charge in [-0.2, -0.15) is 0 Å². The molecule has 0 aromatic heterocycles. The third-order valence-corrected chi connectivity index (χ3v) is 9.13. The Balaban J connectivity index is 1.73. The molecule has 4 aliphatic rings. The van der Waals surface area contributed by atoms with E-state index in [0.717, 1.165) is 32.2 Å². The number of fused-ring (bicyclic) bond motifs is 1. The highest BCUT2D eigenvalue weighted by Gasteiger charge is 2.72. The summed E-state index contributed by atoms with van der Waals surface area (Å²) >= 11 is 0. The molecule has 2 aliphatic heterocycles. The van der Waals surface area contributed by atoms with Gasteiger partial charge in [0.15, 0.2) is 0 Å². The first kappa shape index (κ1) is 15.6. The van der Waals surface area contributed by atoms with Crippen LogP contribution in [0.4, 0.5) is 0 Å². The number of nitrogens with zero attached hydrogens (tertiary/aromatic N) is 2. The van der Waals surface area contributed by atoms with Crippen molar-refractivity contribution in [1.29, 1.82) is 0 Å². The predicted octanol–water partition coefficient (Wildman–Crippen LogP) is 1.62. The summed E-state index contributed by atoms with van der Waals surface area (Å²) in [5, 5.41) is 0. The van der Waals surface area contributed by atoms with Gasteiger partial charge in [0.25, 0.3) is 5.91 Å². The molecule has 0 aromatic rings. The lowest BCUT2D eigenvalue weighted by Gasteiger charge is -2.37. The van der Waals surface area contributed by atoms with Crippen molar-refractivity contribution in [1.82, 2.24) is 9.21 Å². The summed E-state index contributed by atoms with van der Waals surface area (Å²) in [5.74, 6) is 0.436. The van der Waals surface area contributed by atoms with Crippen molar-refractivity contribution in [2.75, 3.05) is 25.9 Å². The van der Waals surface area contributed by atoms with Crippen molar-refractivity contribution in [2.24, 2.45) is 16.7 Å². The zero-order valence-electron chi connectivity index (χ0n) is 14.2. The molecule has 2 aliphatic carbocycles. The fourth-order valence-corrected chi connectivity index (χ4v) is 8.29. The van der Waals surface area contributed by atoms with E-state index in [1.807, 2.05) is 13.1 Å². The first-order valence-corrected chi connectivity index (χ1v) is 10.2. The van der Waals surface area contributed by atoms with E-state index in [0.29, 0.717) is 18.0 Å². The Hall–Kier alpha value is -0.880. The quantitative estimate of drug-likeness (QED) is 0.729. The maximum absolute atomic E-state index is 13.0. The van der Waals surface area contributed by atoms with Crippen LogP contribution in [-0.4, -0.2) is 55.5 Å². The van der Waals surface area contributed by atoms with E-state index < -0.39 is 10.0 Å². The van der Waals surface area contributed by atoms with Gasteiger partial charge >= 0.3 is 0 Å². The van der Waals surface area contributed by atoms with E-state index in [2.05, 4.69) is 18.7 Å². The van der Waals surface area contributed by atoms with Crippen molar-refractivity contribution in [3.05, 3.63) is 11.6 Å². The minimum atomic E-state index is -3.50. The van der Waals surface area contributed by atoms with Gasteiger partial charge < -0.3 is 4.90 Å². The molecule has 1 saturated heterocycles. The summed E-state index contributed by atoms with van der Waals surface area (Å²) in [7, 11) is -1.53. The SMILES string of the molecule is CN1CCC=C(C(=O)N2[C@H]3C[C@H]4CC[C@]3(CS2(=O)=O)C4(C)C)C1. The van der Waals surface area contributed by atoms with Gasteiger partial charge in [-0.3, -0.25) is 4.79 Å². The van der Waals surface area contributed by atoms with E-state index in [-0.39, 0.29) is 28.5 Å². The molecule has 1 amide bonds. The van der Waals surface area contributed by atoms with Crippen molar-refractivity contribution in [2.45, 2.75) is 45.6 Å². The number of carbonyl (C=O) groups excluding carboxylic acids is 1. The lowest BCUT2D eigenvalue weighted by molar-refractivity contribution is -0.125. The zero-order valence-corrected chi connectivity index (χ0v) is 15.0. The van der Waals surface area contributed by atoms with Crippen molar-refractivity contribution < 1.29 is 13.2 Å². The first-order chi connectivity index (χ1) is 10.7. The van der Waals surface area contributed by atoms with E-state index in [4.69, 9.17) is 0 Å². The third-order valence-electron chi connectivity index (χ3n) is 7.23. The Labute approximate surface area is 138 Å². The molecule has 23 heavy (non-hydrogen) atoms. The van der Waals surface area contributed by atoms with Crippen molar-refractivity contribution in [3.8, 4) is 0 Å². The van der Waals surface area contributed by atoms with Crippen LogP contribution in [0, 0.1) is 16.7 Å². The van der Waals surface area contributed by atoms with Gasteiger partial charge in [0.2, 0.25) is 10.0 Å². The van der Waals surface area contributed by atoms with Crippen molar-refractivity contribution >= 4 is 15.9 Å². The molecule has 6 heteroatoms. The molecule has 2 bridgehead atoms. The second-order valence-corrected chi connectivity index (χ2v) is 10.3. The molecule has 0 radical (unpaired) electrons. The number of carbonyl (C=O) groups is 1. The third kappa shape index (κ3) is 1.88. The molecule has 0 unspecified atom stereocenters. The fourth-order valence-electron chi connectivity index (χ4n) is 5.75. The van der Waals surface area contributed by atoms with E-state index in [1.54, 1.807) is 0 Å². The van der Waals surface area contributed by atoms with Crippen LogP contribution < -0.4 is 0 Å². The van der Waals surface area contributed by atoms with Gasteiger partial charge in [0.1, 0.15) is 0 Å². The van der Waals surface area contributed by atoms with Gasteiger partial charge in [-0.1, -0.05) is 19.9 Å². The molecule has 4 rings (SSSR count). The molecule has 128 valence electrons. The molecular weight excluding hydrogens is 312 g/mol. The summed E-state index contributed by atoms with van der Waals surface area (Å²) in [5.41, 5.74) is 0.435. The largest absolute Gasteiger partial charge is 0.302 e. The lowest BCUT2D eigenvalue weighted by atomic mass is 9.69. The average molecular weight is 338 g/mol. The van der Waals surface area contributed by atoms with Crippen LogP contribution in [-0.2, 0) is 14.8 Å². The molecular formula is C17H26N2O3S. The van der Waals surface area contributed by atoms with Crippen LogP contribution in [0.1, 0.15) is 39.5 Å². The molecule has 3 fully saturated rings. The number of sulfonamides is 1. The Morgan fingerprint density at radius 2 is 2.09 bits per heavy atom. The van der Waals surface area contributed by atoms with E-state index >= 15 is 0 Å². The second kappa shape index (κ2) is 4.60. The highest BCUT2D eigenvalue weighted by molar-refractivity contribution is 7.90. The number of likely N-dealkylation sites (N-methyl/N-ethyl adjacent to an activating group) is 1. The Bertz CT molecular complexity index is 697. The summed E-state index contributed by atoms with van der Waals surface area (Å²) in [6.07, 6.45) is 5.64. The van der Waals surface area contributed by atoms with Gasteiger partial charge in [-0.05, 0) is 44.1 Å². The second-order valence-electron chi connectivity index (χ2n) is 8.48. The molecule has 0 N–H and O–H groups in total. The van der Waals surface area contributed by atoms with Gasteiger partial charge in [0.05, 0.1) is 11.8 Å².